The predicted molar refractivity (Wildman–Crippen MR) is 108 cm³/mol. The molecule has 0 unspecified atom stereocenters. The molecule has 0 bridgehead atoms. The van der Waals surface area contributed by atoms with Crippen LogP contribution >= 0.6 is 27.5 Å². The van der Waals surface area contributed by atoms with Gasteiger partial charge in [0.1, 0.15) is 15.9 Å². The first-order valence-electron chi connectivity index (χ1n) is 8.97. The zero-order valence-electron chi connectivity index (χ0n) is 14.6. The van der Waals surface area contributed by atoms with E-state index in [0.29, 0.717) is 17.9 Å². The Morgan fingerprint density at radius 2 is 2.11 bits per heavy atom. The van der Waals surface area contributed by atoms with Crippen molar-refractivity contribution < 1.29 is 4.39 Å². The summed E-state index contributed by atoms with van der Waals surface area (Å²) in [6, 6.07) is 8.77. The minimum absolute atomic E-state index is 0.115. The van der Waals surface area contributed by atoms with Gasteiger partial charge in [0.15, 0.2) is 5.82 Å². The van der Waals surface area contributed by atoms with Crippen LogP contribution in [0.25, 0.3) is 5.52 Å². The largest absolute Gasteiger partial charge is 0.364 e. The number of aromatic nitrogens is 3. The smallest absolute Gasteiger partial charge is 0.243 e. The van der Waals surface area contributed by atoms with Crippen LogP contribution in [0.3, 0.4) is 0 Å². The van der Waals surface area contributed by atoms with Gasteiger partial charge < -0.3 is 11.1 Å². The zero-order chi connectivity index (χ0) is 19.0. The minimum atomic E-state index is -0.260. The quantitative estimate of drug-likeness (QED) is 0.551. The van der Waals surface area contributed by atoms with Crippen molar-refractivity contribution in [2.24, 2.45) is 11.7 Å². The normalized spacial score (nSPS) is 15.3. The van der Waals surface area contributed by atoms with Crippen LogP contribution in [0.1, 0.15) is 30.4 Å². The number of benzene rings is 1. The maximum Gasteiger partial charge on any atom is 0.243 e. The summed E-state index contributed by atoms with van der Waals surface area (Å²) in [5.41, 5.74) is 8.70. The first-order valence-corrected chi connectivity index (χ1v) is 10.1. The summed E-state index contributed by atoms with van der Waals surface area (Å²) in [5, 5.41) is 7.57. The molecule has 1 atom stereocenters. The van der Waals surface area contributed by atoms with Crippen LogP contribution in [-0.2, 0) is 13.0 Å². The summed E-state index contributed by atoms with van der Waals surface area (Å²) in [4.78, 5) is 4.29. The van der Waals surface area contributed by atoms with Crippen LogP contribution in [0.2, 0.25) is 5.28 Å². The van der Waals surface area contributed by atoms with Gasteiger partial charge in [-0.05, 0) is 64.0 Å². The lowest BCUT2D eigenvalue weighted by Gasteiger charge is -2.09. The maximum atomic E-state index is 13.9. The monoisotopic (exact) mass is 451 g/mol. The Kier molecular flexibility index (Phi) is 5.34. The summed E-state index contributed by atoms with van der Waals surface area (Å²) >= 11 is 9.71. The van der Waals surface area contributed by atoms with E-state index in [2.05, 4.69) is 31.3 Å². The molecule has 142 valence electrons. The van der Waals surface area contributed by atoms with Crippen molar-refractivity contribution in [2.75, 3.05) is 5.32 Å². The van der Waals surface area contributed by atoms with E-state index in [0.717, 1.165) is 34.4 Å². The molecule has 5 nitrogen and oxygen atoms in total. The number of nitrogens with zero attached hydrogens (tertiary/aromatic N) is 3. The molecule has 1 fully saturated rings. The topological polar surface area (TPSA) is 68.2 Å². The molecular formula is C19H20BrClFN5. The van der Waals surface area contributed by atoms with Gasteiger partial charge in [0.25, 0.3) is 0 Å². The second-order valence-electron chi connectivity index (χ2n) is 7.08. The first-order chi connectivity index (χ1) is 13.0. The molecule has 8 heteroatoms. The third-order valence-corrected chi connectivity index (χ3v) is 5.84. The molecule has 27 heavy (non-hydrogen) atoms. The fourth-order valence-electron chi connectivity index (χ4n) is 3.29. The Balaban J connectivity index is 1.60. The van der Waals surface area contributed by atoms with Crippen molar-refractivity contribution in [1.82, 2.24) is 14.6 Å². The van der Waals surface area contributed by atoms with Crippen LogP contribution in [0.15, 0.2) is 34.9 Å². The standard InChI is InChI=1S/C19H20BrClFN5/c20-17-13(8-14(23)7-11-5-6-11)9-16-18(25-19(21)26-27(16)17)24-10-12-3-1-2-4-15(12)22/h1-4,9,11,14H,5-8,10,23H2,(H,24,25,26)/t14-/m0/s1. The first kappa shape index (κ1) is 18.7. The summed E-state index contributed by atoms with van der Waals surface area (Å²) in [6.07, 6.45) is 4.38. The molecule has 1 aromatic carbocycles. The Morgan fingerprint density at radius 1 is 1.33 bits per heavy atom. The Bertz CT molecular complexity index is 972. The number of nitrogens with one attached hydrogen (secondary N) is 1. The maximum absolute atomic E-state index is 13.9. The van der Waals surface area contributed by atoms with Gasteiger partial charge in [-0.1, -0.05) is 31.0 Å². The fourth-order valence-corrected chi connectivity index (χ4v) is 4.00. The highest BCUT2D eigenvalue weighted by Gasteiger charge is 2.25. The van der Waals surface area contributed by atoms with E-state index in [1.807, 2.05) is 6.07 Å². The fraction of sp³-hybridized carbons (Fsp3) is 0.368. The highest BCUT2D eigenvalue weighted by molar-refractivity contribution is 9.10. The molecule has 4 rings (SSSR count). The lowest BCUT2D eigenvalue weighted by Crippen LogP contribution is -2.23. The average molecular weight is 453 g/mol. The second kappa shape index (κ2) is 7.73. The average Bonchev–Trinajstić information content (AvgIpc) is 3.39. The molecule has 1 aliphatic rings. The van der Waals surface area contributed by atoms with Gasteiger partial charge in [-0.25, -0.2) is 8.91 Å². The van der Waals surface area contributed by atoms with Gasteiger partial charge in [0, 0.05) is 18.2 Å². The third kappa shape index (κ3) is 4.25. The van der Waals surface area contributed by atoms with E-state index < -0.39 is 0 Å². The molecule has 2 heterocycles. The van der Waals surface area contributed by atoms with Crippen molar-refractivity contribution in [3.8, 4) is 0 Å². The Hall–Kier alpha value is -1.70. The van der Waals surface area contributed by atoms with Gasteiger partial charge in [0.2, 0.25) is 5.28 Å². The van der Waals surface area contributed by atoms with E-state index in [1.54, 1.807) is 22.7 Å². The minimum Gasteiger partial charge on any atom is -0.364 e. The molecule has 1 saturated carbocycles. The highest BCUT2D eigenvalue weighted by atomic mass is 79.9. The van der Waals surface area contributed by atoms with E-state index in [4.69, 9.17) is 17.3 Å². The lowest BCUT2D eigenvalue weighted by atomic mass is 10.0. The number of hydrogen-bond donors (Lipinski definition) is 2. The van der Waals surface area contributed by atoms with Crippen molar-refractivity contribution in [1.29, 1.82) is 0 Å². The molecule has 3 N–H and O–H groups in total. The number of halogens is 3. The molecule has 2 aromatic heterocycles. The van der Waals surface area contributed by atoms with Crippen LogP contribution < -0.4 is 11.1 Å². The highest BCUT2D eigenvalue weighted by Crippen LogP contribution is 2.34. The van der Waals surface area contributed by atoms with Crippen molar-refractivity contribution >= 4 is 38.9 Å². The van der Waals surface area contributed by atoms with Crippen molar-refractivity contribution in [3.63, 3.8) is 0 Å². The number of fused-ring (bicyclic) bond motifs is 1. The molecule has 0 saturated heterocycles. The molecule has 1 aliphatic carbocycles. The van der Waals surface area contributed by atoms with E-state index in [-0.39, 0.29) is 17.1 Å². The zero-order valence-corrected chi connectivity index (χ0v) is 17.0. The molecule has 0 amide bonds. The van der Waals surface area contributed by atoms with Gasteiger partial charge in [-0.3, -0.25) is 0 Å². The summed E-state index contributed by atoms with van der Waals surface area (Å²) in [7, 11) is 0. The number of hydrogen-bond acceptors (Lipinski definition) is 4. The summed E-state index contributed by atoms with van der Waals surface area (Å²) in [6.45, 7) is 0.301. The summed E-state index contributed by atoms with van der Waals surface area (Å²) in [5.74, 6) is 1.08. The van der Waals surface area contributed by atoms with Gasteiger partial charge >= 0.3 is 0 Å². The van der Waals surface area contributed by atoms with Gasteiger partial charge in [-0.15, -0.1) is 5.10 Å². The molecule has 0 spiro atoms. The number of anilines is 1. The van der Waals surface area contributed by atoms with Crippen LogP contribution in [0.4, 0.5) is 10.2 Å². The molecule has 0 aliphatic heterocycles. The van der Waals surface area contributed by atoms with Crippen molar-refractivity contribution in [3.05, 3.63) is 57.2 Å². The van der Waals surface area contributed by atoms with Crippen LogP contribution in [0.5, 0.6) is 0 Å². The summed E-state index contributed by atoms with van der Waals surface area (Å²) < 4.78 is 16.4. The van der Waals surface area contributed by atoms with E-state index in [9.17, 15) is 4.39 Å². The number of nitrogens with two attached hydrogens (primary N) is 1. The van der Waals surface area contributed by atoms with Crippen LogP contribution in [-0.4, -0.2) is 20.6 Å². The third-order valence-electron chi connectivity index (χ3n) is 4.84. The molecule has 0 radical (unpaired) electrons. The number of rotatable bonds is 7. The van der Waals surface area contributed by atoms with Gasteiger partial charge in [0.05, 0.1) is 0 Å². The second-order valence-corrected chi connectivity index (χ2v) is 8.16. The predicted octanol–water partition coefficient (Wildman–Crippen LogP) is 4.57. The SMILES string of the molecule is N[C@H](Cc1cc2c(NCc3ccccc3F)nc(Cl)nn2c1Br)CC1CC1. The Morgan fingerprint density at radius 3 is 2.85 bits per heavy atom. The van der Waals surface area contributed by atoms with E-state index in [1.165, 1.54) is 18.9 Å². The van der Waals surface area contributed by atoms with Crippen LogP contribution in [0, 0.1) is 11.7 Å². The molecular weight excluding hydrogens is 433 g/mol. The molecule has 3 aromatic rings. The lowest BCUT2D eigenvalue weighted by molar-refractivity contribution is 0.565. The Labute approximate surface area is 170 Å². The van der Waals surface area contributed by atoms with Crippen molar-refractivity contribution in [2.45, 2.75) is 38.3 Å². The van der Waals surface area contributed by atoms with Gasteiger partial charge in [-0.2, -0.15) is 4.98 Å². The van der Waals surface area contributed by atoms with E-state index >= 15 is 0 Å².